The van der Waals surface area contributed by atoms with Crippen LogP contribution in [0.25, 0.3) is 0 Å². The predicted molar refractivity (Wildman–Crippen MR) is 86.4 cm³/mol. The number of amides is 1. The molecule has 0 radical (unpaired) electrons. The Morgan fingerprint density at radius 3 is 2.76 bits per heavy atom. The minimum atomic E-state index is -0.0755. The maximum atomic E-state index is 12.4. The van der Waals surface area contributed by atoms with E-state index in [1.54, 1.807) is 11.3 Å². The summed E-state index contributed by atoms with van der Waals surface area (Å²) in [5.41, 5.74) is 0. The predicted octanol–water partition coefficient (Wildman–Crippen LogP) is 2.36. The summed E-state index contributed by atoms with van der Waals surface area (Å²) < 4.78 is 0. The van der Waals surface area contributed by atoms with Crippen molar-refractivity contribution in [3.05, 3.63) is 21.9 Å². The van der Waals surface area contributed by atoms with Crippen LogP contribution in [0.3, 0.4) is 0 Å². The van der Waals surface area contributed by atoms with Gasteiger partial charge >= 0.3 is 0 Å². The zero-order chi connectivity index (χ0) is 15.0. The average Bonchev–Trinajstić information content (AvgIpc) is 3.15. The number of carbonyl (C=O) groups excluding carboxylic acids is 1. The fraction of sp³-hybridized carbons (Fsp3) is 0.688. The molecule has 1 aromatic rings. The second-order valence-electron chi connectivity index (χ2n) is 6.13. The van der Waals surface area contributed by atoms with Crippen LogP contribution in [0, 0.1) is 6.92 Å². The minimum absolute atomic E-state index is 0.0594. The van der Waals surface area contributed by atoms with Gasteiger partial charge in [-0.15, -0.1) is 11.3 Å². The first-order chi connectivity index (χ1) is 10.1. The van der Waals surface area contributed by atoms with E-state index in [4.69, 9.17) is 0 Å². The smallest absolute Gasteiger partial charge is 0.241 e. The zero-order valence-electron chi connectivity index (χ0n) is 13.1. The number of aryl methyl sites for hydroxylation is 1. The molecule has 1 amide bonds. The van der Waals surface area contributed by atoms with E-state index in [1.165, 1.54) is 22.6 Å². The molecule has 2 fully saturated rings. The number of hydrogen-bond acceptors (Lipinski definition) is 4. The molecule has 3 rings (SSSR count). The van der Waals surface area contributed by atoms with E-state index in [0.29, 0.717) is 0 Å². The molecular formula is C16H25N3OS. The van der Waals surface area contributed by atoms with Crippen molar-refractivity contribution in [3.8, 4) is 0 Å². The van der Waals surface area contributed by atoms with Crippen molar-refractivity contribution in [1.29, 1.82) is 0 Å². The molecule has 116 valence electrons. The number of rotatable bonds is 6. The van der Waals surface area contributed by atoms with Gasteiger partial charge in [0.05, 0.1) is 6.04 Å². The van der Waals surface area contributed by atoms with Gasteiger partial charge in [0.2, 0.25) is 5.91 Å². The molecule has 2 aliphatic rings. The van der Waals surface area contributed by atoms with Crippen molar-refractivity contribution >= 4 is 17.2 Å². The molecule has 2 heterocycles. The van der Waals surface area contributed by atoms with E-state index in [9.17, 15) is 4.79 Å². The number of nitrogens with zero attached hydrogens (tertiary/aromatic N) is 2. The molecule has 1 aliphatic heterocycles. The highest BCUT2D eigenvalue weighted by molar-refractivity contribution is 7.12. The lowest BCUT2D eigenvalue weighted by Crippen LogP contribution is -2.39. The van der Waals surface area contributed by atoms with Gasteiger partial charge in [-0.05, 0) is 45.4 Å². The van der Waals surface area contributed by atoms with Crippen molar-refractivity contribution in [2.45, 2.75) is 51.9 Å². The van der Waals surface area contributed by atoms with E-state index in [0.717, 1.165) is 25.7 Å². The van der Waals surface area contributed by atoms with Gasteiger partial charge in [0.1, 0.15) is 6.17 Å². The Balaban J connectivity index is 1.68. The molecule has 1 saturated carbocycles. The molecule has 2 atom stereocenters. The highest BCUT2D eigenvalue weighted by atomic mass is 32.1. The molecule has 0 aromatic carbocycles. The third-order valence-electron chi connectivity index (χ3n) is 4.50. The number of thiophene rings is 1. The van der Waals surface area contributed by atoms with Crippen molar-refractivity contribution in [2.24, 2.45) is 0 Å². The Morgan fingerprint density at radius 1 is 1.43 bits per heavy atom. The summed E-state index contributed by atoms with van der Waals surface area (Å²) in [4.78, 5) is 19.5. The molecule has 4 nitrogen and oxygen atoms in total. The first-order valence-electron chi connectivity index (χ1n) is 7.97. The molecule has 1 N–H and O–H groups in total. The van der Waals surface area contributed by atoms with Gasteiger partial charge in [0, 0.05) is 28.9 Å². The summed E-state index contributed by atoms with van der Waals surface area (Å²) in [6, 6.07) is 4.97. The highest BCUT2D eigenvalue weighted by Crippen LogP contribution is 2.31. The van der Waals surface area contributed by atoms with Gasteiger partial charge in [-0.1, -0.05) is 6.92 Å². The molecule has 5 heteroatoms. The molecule has 1 aliphatic carbocycles. The summed E-state index contributed by atoms with van der Waals surface area (Å²) in [7, 11) is 0. The second kappa shape index (κ2) is 6.07. The monoisotopic (exact) mass is 307 g/mol. The molecule has 1 saturated heterocycles. The number of hydrogen-bond donors (Lipinski definition) is 1. The van der Waals surface area contributed by atoms with Crippen LogP contribution in [0.15, 0.2) is 12.1 Å². The third kappa shape index (κ3) is 3.15. The Morgan fingerprint density at radius 2 is 2.19 bits per heavy atom. The standard InChI is InChI=1S/C16H25N3OS/c1-4-18(13-6-7-13)9-10-19-15(17-12(3)16(19)20)14-8-5-11(2)21-14/h5,8,12-13,15,17H,4,6-7,9-10H2,1-3H3. The van der Waals surface area contributed by atoms with Gasteiger partial charge in [-0.25, -0.2) is 0 Å². The quantitative estimate of drug-likeness (QED) is 0.876. The van der Waals surface area contributed by atoms with Crippen LogP contribution < -0.4 is 5.32 Å². The van der Waals surface area contributed by atoms with Gasteiger partial charge in [-0.3, -0.25) is 15.0 Å². The van der Waals surface area contributed by atoms with E-state index in [2.05, 4.69) is 36.2 Å². The molecule has 0 spiro atoms. The average molecular weight is 307 g/mol. The van der Waals surface area contributed by atoms with Crippen molar-refractivity contribution in [1.82, 2.24) is 15.1 Å². The van der Waals surface area contributed by atoms with E-state index in [-0.39, 0.29) is 18.1 Å². The molecule has 0 bridgehead atoms. The number of likely N-dealkylation sites (N-methyl/N-ethyl adjacent to an activating group) is 1. The third-order valence-corrected chi connectivity index (χ3v) is 5.55. The second-order valence-corrected chi connectivity index (χ2v) is 7.45. The van der Waals surface area contributed by atoms with Crippen LogP contribution in [-0.4, -0.2) is 47.4 Å². The van der Waals surface area contributed by atoms with Gasteiger partial charge < -0.3 is 4.90 Å². The highest BCUT2D eigenvalue weighted by Gasteiger charge is 2.38. The lowest BCUT2D eigenvalue weighted by Gasteiger charge is -2.27. The van der Waals surface area contributed by atoms with Crippen LogP contribution in [0.1, 0.15) is 42.6 Å². The summed E-state index contributed by atoms with van der Waals surface area (Å²) in [6.45, 7) is 9.19. The molecular weight excluding hydrogens is 282 g/mol. The Bertz CT molecular complexity index is 511. The fourth-order valence-electron chi connectivity index (χ4n) is 3.12. The van der Waals surface area contributed by atoms with Gasteiger partial charge in [-0.2, -0.15) is 0 Å². The summed E-state index contributed by atoms with van der Waals surface area (Å²) in [6.07, 6.45) is 2.71. The normalized spacial score (nSPS) is 26.1. The van der Waals surface area contributed by atoms with E-state index in [1.807, 2.05) is 11.8 Å². The summed E-state index contributed by atoms with van der Waals surface area (Å²) in [5.74, 6) is 0.234. The molecule has 21 heavy (non-hydrogen) atoms. The minimum Gasteiger partial charge on any atom is -0.319 e. The summed E-state index contributed by atoms with van der Waals surface area (Å²) >= 11 is 1.78. The van der Waals surface area contributed by atoms with Crippen LogP contribution in [-0.2, 0) is 4.79 Å². The first kappa shape index (κ1) is 15.0. The van der Waals surface area contributed by atoms with Crippen molar-refractivity contribution in [3.63, 3.8) is 0 Å². The molecule has 2 unspecified atom stereocenters. The zero-order valence-corrected chi connectivity index (χ0v) is 13.9. The van der Waals surface area contributed by atoms with Crippen LogP contribution >= 0.6 is 11.3 Å². The fourth-order valence-corrected chi connectivity index (χ4v) is 4.08. The van der Waals surface area contributed by atoms with Gasteiger partial charge in [0.15, 0.2) is 0 Å². The Labute approximate surface area is 131 Å². The van der Waals surface area contributed by atoms with E-state index >= 15 is 0 Å². The van der Waals surface area contributed by atoms with Crippen molar-refractivity contribution < 1.29 is 4.79 Å². The lowest BCUT2D eigenvalue weighted by atomic mass is 10.3. The first-order valence-corrected chi connectivity index (χ1v) is 8.78. The number of carbonyl (C=O) groups is 1. The largest absolute Gasteiger partial charge is 0.319 e. The van der Waals surface area contributed by atoms with Gasteiger partial charge in [0.25, 0.3) is 0 Å². The van der Waals surface area contributed by atoms with Crippen molar-refractivity contribution in [2.75, 3.05) is 19.6 Å². The maximum absolute atomic E-state index is 12.4. The Hall–Kier alpha value is -0.910. The topological polar surface area (TPSA) is 35.6 Å². The molecule has 1 aromatic heterocycles. The SMILES string of the molecule is CCN(CCN1C(=O)C(C)NC1c1ccc(C)s1)C1CC1. The lowest BCUT2D eigenvalue weighted by molar-refractivity contribution is -0.130. The maximum Gasteiger partial charge on any atom is 0.241 e. The van der Waals surface area contributed by atoms with Crippen LogP contribution in [0.5, 0.6) is 0 Å². The summed E-state index contributed by atoms with van der Waals surface area (Å²) in [5, 5.41) is 3.44. The van der Waals surface area contributed by atoms with Crippen LogP contribution in [0.4, 0.5) is 0 Å². The Kier molecular flexibility index (Phi) is 4.33. The number of nitrogens with one attached hydrogen (secondary N) is 1. The van der Waals surface area contributed by atoms with E-state index < -0.39 is 0 Å². The van der Waals surface area contributed by atoms with Crippen LogP contribution in [0.2, 0.25) is 0 Å².